The normalized spacial score (nSPS) is 14.3. The Morgan fingerprint density at radius 1 is 1.17 bits per heavy atom. The van der Waals surface area contributed by atoms with E-state index < -0.39 is 0 Å². The molecule has 0 fully saturated rings. The number of aromatic nitrogens is 1. The van der Waals surface area contributed by atoms with Gasteiger partial charge in [-0.3, -0.25) is 9.59 Å². The molecule has 29 heavy (non-hydrogen) atoms. The zero-order valence-electron chi connectivity index (χ0n) is 16.4. The summed E-state index contributed by atoms with van der Waals surface area (Å²) in [6, 6.07) is 13.7. The smallest absolute Gasteiger partial charge is 0.256 e. The Morgan fingerprint density at radius 3 is 2.69 bits per heavy atom. The molecule has 0 spiro atoms. The van der Waals surface area contributed by atoms with Gasteiger partial charge in [0.15, 0.2) is 0 Å². The number of para-hydroxylation sites is 1. The number of carbonyl (C=O) groups is 2. The molecule has 3 aromatic rings. The molecule has 0 bridgehead atoms. The zero-order valence-corrected chi connectivity index (χ0v) is 18.0. The molecule has 2 amide bonds. The Balaban J connectivity index is 1.81. The van der Waals surface area contributed by atoms with Gasteiger partial charge in [-0.15, -0.1) is 0 Å². The summed E-state index contributed by atoms with van der Waals surface area (Å²) < 4.78 is 2.92. The first kappa shape index (κ1) is 19.5. The van der Waals surface area contributed by atoms with Crippen molar-refractivity contribution in [2.24, 2.45) is 0 Å². The number of amides is 2. The van der Waals surface area contributed by atoms with E-state index in [0.717, 1.165) is 32.2 Å². The Hall–Kier alpha value is -2.86. The lowest BCUT2D eigenvalue weighted by molar-refractivity contribution is -0.131. The Kier molecular flexibility index (Phi) is 5.28. The van der Waals surface area contributed by atoms with Gasteiger partial charge in [0.25, 0.3) is 5.91 Å². The quantitative estimate of drug-likeness (QED) is 0.568. The molecule has 0 saturated heterocycles. The molecule has 1 aliphatic rings. The fourth-order valence-corrected chi connectivity index (χ4v) is 4.16. The highest BCUT2D eigenvalue weighted by atomic mass is 79.9. The van der Waals surface area contributed by atoms with Crippen LogP contribution in [0, 0.1) is 0 Å². The van der Waals surface area contributed by atoms with Gasteiger partial charge in [-0.05, 0) is 44.2 Å². The number of nitrogens with one attached hydrogen (secondary N) is 1. The molecule has 0 atom stereocenters. The first-order chi connectivity index (χ1) is 14.0. The molecule has 1 N–H and O–H groups in total. The van der Waals surface area contributed by atoms with Gasteiger partial charge in [-0.1, -0.05) is 34.1 Å². The maximum absolute atomic E-state index is 12.7. The average molecular weight is 452 g/mol. The van der Waals surface area contributed by atoms with Gasteiger partial charge in [0, 0.05) is 57.0 Å². The SMILES string of the molecule is CCN(CC)C(=O)Cn1cc(/C=C2/C(=O)Nc3ccccc32)c2cc(Br)ccc21. The summed E-state index contributed by atoms with van der Waals surface area (Å²) in [5, 5.41) is 3.91. The lowest BCUT2D eigenvalue weighted by Gasteiger charge is -2.19. The number of hydrogen-bond acceptors (Lipinski definition) is 2. The van der Waals surface area contributed by atoms with Gasteiger partial charge in [0.1, 0.15) is 6.54 Å². The molecule has 6 heteroatoms. The third kappa shape index (κ3) is 3.60. The summed E-state index contributed by atoms with van der Waals surface area (Å²) in [7, 11) is 0. The van der Waals surface area contributed by atoms with E-state index in [2.05, 4.69) is 21.2 Å². The number of carbonyl (C=O) groups excluding carboxylic acids is 2. The highest BCUT2D eigenvalue weighted by Crippen LogP contribution is 2.35. The lowest BCUT2D eigenvalue weighted by atomic mass is 10.0. The number of fused-ring (bicyclic) bond motifs is 2. The molecular weight excluding hydrogens is 430 g/mol. The number of likely N-dealkylation sites (N-methyl/N-ethyl adjacent to an activating group) is 1. The molecule has 4 rings (SSSR count). The van der Waals surface area contributed by atoms with Crippen LogP contribution in [0.2, 0.25) is 0 Å². The Morgan fingerprint density at radius 2 is 1.93 bits per heavy atom. The van der Waals surface area contributed by atoms with Crippen LogP contribution in [0.15, 0.2) is 53.1 Å². The largest absolute Gasteiger partial charge is 0.342 e. The molecule has 0 radical (unpaired) electrons. The van der Waals surface area contributed by atoms with Crippen molar-refractivity contribution in [3.63, 3.8) is 0 Å². The fourth-order valence-electron chi connectivity index (χ4n) is 3.80. The standard InChI is InChI=1S/C23H22BrN3O2/c1-3-26(4-2)22(28)14-27-13-15(18-12-16(24)9-10-21(18)27)11-19-17-7-5-6-8-20(17)25-23(19)29/h5-13H,3-4,14H2,1-2H3,(H,25,29)/b19-11+. The second-order valence-electron chi connectivity index (χ2n) is 7.00. The molecule has 0 saturated carbocycles. The van der Waals surface area contributed by atoms with Gasteiger partial charge < -0.3 is 14.8 Å². The molecule has 1 aliphatic heterocycles. The van der Waals surface area contributed by atoms with Crippen molar-refractivity contribution in [3.05, 3.63) is 64.3 Å². The second kappa shape index (κ2) is 7.87. The van der Waals surface area contributed by atoms with Crippen LogP contribution in [0.3, 0.4) is 0 Å². The van der Waals surface area contributed by atoms with Gasteiger partial charge in [-0.25, -0.2) is 0 Å². The van der Waals surface area contributed by atoms with Crippen molar-refractivity contribution >= 4 is 56.0 Å². The van der Waals surface area contributed by atoms with E-state index in [9.17, 15) is 9.59 Å². The third-order valence-electron chi connectivity index (χ3n) is 5.31. The van der Waals surface area contributed by atoms with Crippen LogP contribution in [0.4, 0.5) is 5.69 Å². The van der Waals surface area contributed by atoms with E-state index >= 15 is 0 Å². The van der Waals surface area contributed by atoms with E-state index in [1.54, 1.807) is 0 Å². The highest BCUT2D eigenvalue weighted by molar-refractivity contribution is 9.10. The number of benzene rings is 2. The molecule has 0 unspecified atom stereocenters. The number of rotatable bonds is 5. The van der Waals surface area contributed by atoms with Crippen molar-refractivity contribution in [1.29, 1.82) is 0 Å². The molecular formula is C23H22BrN3O2. The monoisotopic (exact) mass is 451 g/mol. The third-order valence-corrected chi connectivity index (χ3v) is 5.80. The number of hydrogen-bond donors (Lipinski definition) is 1. The molecule has 0 aliphatic carbocycles. The minimum absolute atomic E-state index is 0.0815. The van der Waals surface area contributed by atoms with Crippen LogP contribution in [-0.4, -0.2) is 34.4 Å². The second-order valence-corrected chi connectivity index (χ2v) is 7.91. The van der Waals surface area contributed by atoms with Gasteiger partial charge in [-0.2, -0.15) is 0 Å². The van der Waals surface area contributed by atoms with E-state index in [1.165, 1.54) is 0 Å². The first-order valence-electron chi connectivity index (χ1n) is 9.70. The Labute approximate surface area is 178 Å². The summed E-state index contributed by atoms with van der Waals surface area (Å²) in [6.07, 6.45) is 3.87. The van der Waals surface area contributed by atoms with Crippen LogP contribution < -0.4 is 5.32 Å². The lowest BCUT2D eigenvalue weighted by Crippen LogP contribution is -2.33. The predicted molar refractivity (Wildman–Crippen MR) is 121 cm³/mol. The minimum atomic E-state index is -0.110. The van der Waals surface area contributed by atoms with Crippen LogP contribution in [0.25, 0.3) is 22.6 Å². The molecule has 5 nitrogen and oxygen atoms in total. The van der Waals surface area contributed by atoms with Crippen LogP contribution in [0.5, 0.6) is 0 Å². The van der Waals surface area contributed by atoms with E-state index in [1.807, 2.05) is 78.1 Å². The summed E-state index contributed by atoms with van der Waals surface area (Å²) in [5.74, 6) is -0.0284. The molecule has 1 aromatic heterocycles. The molecule has 2 heterocycles. The zero-order chi connectivity index (χ0) is 20.5. The minimum Gasteiger partial charge on any atom is -0.342 e. The maximum atomic E-state index is 12.7. The fraction of sp³-hybridized carbons (Fsp3) is 0.217. The van der Waals surface area contributed by atoms with Gasteiger partial charge in [0.05, 0.1) is 0 Å². The van der Waals surface area contributed by atoms with E-state index in [4.69, 9.17) is 0 Å². The summed E-state index contributed by atoms with van der Waals surface area (Å²) in [4.78, 5) is 27.0. The summed E-state index contributed by atoms with van der Waals surface area (Å²) in [6.45, 7) is 5.62. The summed E-state index contributed by atoms with van der Waals surface area (Å²) >= 11 is 3.54. The average Bonchev–Trinajstić information content (AvgIpc) is 3.20. The van der Waals surface area contributed by atoms with Crippen molar-refractivity contribution in [1.82, 2.24) is 9.47 Å². The van der Waals surface area contributed by atoms with Crippen molar-refractivity contribution in [2.75, 3.05) is 18.4 Å². The topological polar surface area (TPSA) is 54.3 Å². The van der Waals surface area contributed by atoms with E-state index in [-0.39, 0.29) is 18.4 Å². The maximum Gasteiger partial charge on any atom is 0.256 e. The molecule has 148 valence electrons. The van der Waals surface area contributed by atoms with Gasteiger partial charge in [0.2, 0.25) is 5.91 Å². The number of nitrogens with zero attached hydrogens (tertiary/aromatic N) is 2. The van der Waals surface area contributed by atoms with Crippen LogP contribution in [-0.2, 0) is 16.1 Å². The number of halogens is 1. The highest BCUT2D eigenvalue weighted by Gasteiger charge is 2.24. The van der Waals surface area contributed by atoms with Crippen LogP contribution >= 0.6 is 15.9 Å². The number of anilines is 1. The summed E-state index contributed by atoms with van der Waals surface area (Å²) in [5.41, 5.74) is 4.23. The van der Waals surface area contributed by atoms with Crippen molar-refractivity contribution in [3.8, 4) is 0 Å². The van der Waals surface area contributed by atoms with Crippen LogP contribution in [0.1, 0.15) is 25.0 Å². The first-order valence-corrected chi connectivity index (χ1v) is 10.5. The van der Waals surface area contributed by atoms with Crippen molar-refractivity contribution in [2.45, 2.75) is 20.4 Å². The van der Waals surface area contributed by atoms with E-state index in [0.29, 0.717) is 18.7 Å². The van der Waals surface area contributed by atoms with Gasteiger partial charge >= 0.3 is 0 Å². The molecule has 2 aromatic carbocycles. The Bertz CT molecular complexity index is 1140. The predicted octanol–water partition coefficient (Wildman–Crippen LogP) is 4.76. The van der Waals surface area contributed by atoms with Crippen molar-refractivity contribution < 1.29 is 9.59 Å².